The van der Waals surface area contributed by atoms with E-state index in [0.29, 0.717) is 18.0 Å². The second kappa shape index (κ2) is 7.89. The van der Waals surface area contributed by atoms with E-state index in [9.17, 15) is 18.0 Å². The Hall–Kier alpha value is -2.71. The first kappa shape index (κ1) is 19.1. The molecule has 142 valence electrons. The van der Waals surface area contributed by atoms with Gasteiger partial charge in [0.05, 0.1) is 4.90 Å². The summed E-state index contributed by atoms with van der Waals surface area (Å²) < 4.78 is 27.3. The minimum Gasteiger partial charge on any atom is -0.368 e. The zero-order valence-electron chi connectivity index (χ0n) is 14.6. The molecule has 1 aliphatic rings. The van der Waals surface area contributed by atoms with Crippen molar-refractivity contribution in [2.75, 3.05) is 6.54 Å². The number of carbonyl (C=O) groups excluding carboxylic acids is 2. The average molecular weight is 387 g/mol. The Morgan fingerprint density at radius 1 is 1.07 bits per heavy atom. The molecular weight excluding hydrogens is 366 g/mol. The van der Waals surface area contributed by atoms with Crippen LogP contribution in [0.2, 0.25) is 0 Å². The Balaban J connectivity index is 1.77. The van der Waals surface area contributed by atoms with Gasteiger partial charge in [-0.15, -0.1) is 0 Å². The van der Waals surface area contributed by atoms with Gasteiger partial charge in [-0.25, -0.2) is 13.1 Å². The van der Waals surface area contributed by atoms with E-state index >= 15 is 0 Å². The molecule has 0 bridgehead atoms. The highest BCUT2D eigenvalue weighted by Gasteiger charge is 2.25. The number of hydrogen-bond donors (Lipinski definition) is 3. The average Bonchev–Trinajstić information content (AvgIpc) is 3.49. The zero-order valence-corrected chi connectivity index (χ0v) is 15.4. The van der Waals surface area contributed by atoms with Gasteiger partial charge in [0.15, 0.2) is 0 Å². The smallest absolute Gasteiger partial charge is 0.252 e. The van der Waals surface area contributed by atoms with Crippen molar-refractivity contribution in [2.24, 2.45) is 11.7 Å². The number of carbonyl (C=O) groups is 2. The highest BCUT2D eigenvalue weighted by molar-refractivity contribution is 7.89. The Morgan fingerprint density at radius 3 is 2.41 bits per heavy atom. The van der Waals surface area contributed by atoms with Crippen LogP contribution in [0.25, 0.3) is 0 Å². The summed E-state index contributed by atoms with van der Waals surface area (Å²) in [5.74, 6) is -0.889. The van der Waals surface area contributed by atoms with Crippen LogP contribution in [0.1, 0.15) is 34.8 Å². The molecule has 0 spiro atoms. The molecule has 3 rings (SSSR count). The standard InChI is InChI=1S/C19H21N3O4S/c20-18(23)17(14-5-2-1-3-6-14)22-19(24)15-7-4-8-16(11-15)27(25,26)21-12-13-9-10-13/h1-8,11,13,17,21H,9-10,12H2,(H2,20,23)(H,22,24). The molecule has 2 amide bonds. The molecule has 0 heterocycles. The van der Waals surface area contributed by atoms with Gasteiger partial charge in [-0.05, 0) is 42.5 Å². The maximum Gasteiger partial charge on any atom is 0.252 e. The van der Waals surface area contributed by atoms with Crippen molar-refractivity contribution in [3.8, 4) is 0 Å². The molecular formula is C19H21N3O4S. The van der Waals surface area contributed by atoms with Gasteiger partial charge >= 0.3 is 0 Å². The van der Waals surface area contributed by atoms with E-state index in [-0.39, 0.29) is 10.5 Å². The summed E-state index contributed by atoms with van der Waals surface area (Å²) in [4.78, 5) is 24.3. The molecule has 1 saturated carbocycles. The second-order valence-corrected chi connectivity index (χ2v) is 8.31. The number of sulfonamides is 1. The quantitative estimate of drug-likeness (QED) is 0.633. The van der Waals surface area contributed by atoms with E-state index in [1.165, 1.54) is 24.3 Å². The fraction of sp³-hybridized carbons (Fsp3) is 0.263. The lowest BCUT2D eigenvalue weighted by molar-refractivity contribution is -0.120. The third-order valence-corrected chi connectivity index (χ3v) is 5.78. The number of amides is 2. The summed E-state index contributed by atoms with van der Waals surface area (Å²) >= 11 is 0. The van der Waals surface area contributed by atoms with E-state index in [4.69, 9.17) is 5.73 Å². The lowest BCUT2D eigenvalue weighted by Gasteiger charge is -2.16. The van der Waals surface area contributed by atoms with E-state index in [0.717, 1.165) is 12.8 Å². The Kier molecular flexibility index (Phi) is 5.57. The van der Waals surface area contributed by atoms with Crippen LogP contribution in [-0.4, -0.2) is 26.8 Å². The van der Waals surface area contributed by atoms with Crippen LogP contribution in [0.4, 0.5) is 0 Å². The van der Waals surface area contributed by atoms with Crippen molar-refractivity contribution in [1.29, 1.82) is 0 Å². The Labute approximate surface area is 158 Å². The van der Waals surface area contributed by atoms with Gasteiger partial charge in [0.2, 0.25) is 15.9 Å². The number of hydrogen-bond acceptors (Lipinski definition) is 4. The van der Waals surface area contributed by atoms with E-state index in [1.54, 1.807) is 30.3 Å². The molecule has 1 unspecified atom stereocenters. The summed E-state index contributed by atoms with van der Waals surface area (Å²) in [5.41, 5.74) is 6.09. The van der Waals surface area contributed by atoms with Crippen molar-refractivity contribution < 1.29 is 18.0 Å². The molecule has 2 aromatic rings. The van der Waals surface area contributed by atoms with Crippen molar-refractivity contribution in [1.82, 2.24) is 10.0 Å². The lowest BCUT2D eigenvalue weighted by atomic mass is 10.1. The van der Waals surface area contributed by atoms with Crippen LogP contribution in [-0.2, 0) is 14.8 Å². The fourth-order valence-corrected chi connectivity index (χ4v) is 3.78. The van der Waals surface area contributed by atoms with Crippen LogP contribution in [0.3, 0.4) is 0 Å². The van der Waals surface area contributed by atoms with Crippen LogP contribution in [0.5, 0.6) is 0 Å². The molecule has 0 saturated heterocycles. The minimum absolute atomic E-state index is 0.00568. The first-order valence-corrected chi connectivity index (χ1v) is 10.1. The molecule has 4 N–H and O–H groups in total. The van der Waals surface area contributed by atoms with Crippen LogP contribution >= 0.6 is 0 Å². The van der Waals surface area contributed by atoms with E-state index in [1.807, 2.05) is 0 Å². The zero-order chi connectivity index (χ0) is 19.4. The number of benzene rings is 2. The maximum absolute atomic E-state index is 12.6. The van der Waals surface area contributed by atoms with E-state index < -0.39 is 27.9 Å². The summed E-state index contributed by atoms with van der Waals surface area (Å²) in [6.07, 6.45) is 2.05. The summed E-state index contributed by atoms with van der Waals surface area (Å²) in [5, 5.41) is 2.56. The highest BCUT2D eigenvalue weighted by Crippen LogP contribution is 2.28. The van der Waals surface area contributed by atoms with Gasteiger partial charge < -0.3 is 11.1 Å². The second-order valence-electron chi connectivity index (χ2n) is 6.54. The van der Waals surface area contributed by atoms with Crippen molar-refractivity contribution in [3.05, 3.63) is 65.7 Å². The highest BCUT2D eigenvalue weighted by atomic mass is 32.2. The number of primary amides is 1. The molecule has 27 heavy (non-hydrogen) atoms. The predicted octanol–water partition coefficient (Wildman–Crippen LogP) is 1.33. The van der Waals surface area contributed by atoms with Crippen molar-refractivity contribution >= 4 is 21.8 Å². The first-order chi connectivity index (χ1) is 12.9. The van der Waals surface area contributed by atoms with Gasteiger partial charge in [-0.1, -0.05) is 36.4 Å². The SMILES string of the molecule is NC(=O)C(NC(=O)c1cccc(S(=O)(=O)NCC2CC2)c1)c1ccccc1. The lowest BCUT2D eigenvalue weighted by Crippen LogP contribution is -2.37. The van der Waals surface area contributed by atoms with E-state index in [2.05, 4.69) is 10.0 Å². The van der Waals surface area contributed by atoms with Gasteiger partial charge in [-0.2, -0.15) is 0 Å². The topological polar surface area (TPSA) is 118 Å². The molecule has 7 nitrogen and oxygen atoms in total. The molecule has 0 aromatic heterocycles. The summed E-state index contributed by atoms with van der Waals surface area (Å²) in [6.45, 7) is 0.399. The third-order valence-electron chi connectivity index (χ3n) is 4.36. The normalized spacial score (nSPS) is 15.1. The third kappa shape index (κ3) is 4.93. The van der Waals surface area contributed by atoms with Gasteiger partial charge in [-0.3, -0.25) is 9.59 Å². The number of nitrogens with one attached hydrogen (secondary N) is 2. The molecule has 2 aromatic carbocycles. The summed E-state index contributed by atoms with van der Waals surface area (Å²) in [6, 6.07) is 13.3. The van der Waals surface area contributed by atoms with Gasteiger partial charge in [0, 0.05) is 12.1 Å². The van der Waals surface area contributed by atoms with Gasteiger partial charge in [0.1, 0.15) is 6.04 Å². The van der Waals surface area contributed by atoms with Crippen LogP contribution < -0.4 is 15.8 Å². The van der Waals surface area contributed by atoms with Crippen molar-refractivity contribution in [3.63, 3.8) is 0 Å². The first-order valence-electron chi connectivity index (χ1n) is 8.61. The largest absolute Gasteiger partial charge is 0.368 e. The van der Waals surface area contributed by atoms with Crippen LogP contribution in [0, 0.1) is 5.92 Å². The number of rotatable bonds is 8. The Morgan fingerprint density at radius 2 is 1.78 bits per heavy atom. The van der Waals surface area contributed by atoms with Gasteiger partial charge in [0.25, 0.3) is 5.91 Å². The number of nitrogens with two attached hydrogens (primary N) is 1. The minimum atomic E-state index is -3.69. The molecule has 0 aliphatic heterocycles. The van der Waals surface area contributed by atoms with Crippen LogP contribution in [0.15, 0.2) is 59.5 Å². The molecule has 1 fully saturated rings. The molecule has 1 atom stereocenters. The van der Waals surface area contributed by atoms with Crippen molar-refractivity contribution in [2.45, 2.75) is 23.8 Å². The molecule has 1 aliphatic carbocycles. The Bertz CT molecular complexity index is 940. The fourth-order valence-electron chi connectivity index (χ4n) is 2.62. The monoisotopic (exact) mass is 387 g/mol. The maximum atomic E-state index is 12.6. The predicted molar refractivity (Wildman–Crippen MR) is 100 cm³/mol. The summed E-state index contributed by atoms with van der Waals surface area (Å²) in [7, 11) is -3.69. The molecule has 0 radical (unpaired) electrons. The molecule has 8 heteroatoms.